The second-order valence-corrected chi connectivity index (χ2v) is 7.33. The standard InChI is InChI=1S/C21H23N5O2/c1-3-16(12-22-7-1)13-25-8-2-4-18(14-25)26-15-19(23-24-26)17-5-6-20-21(11-17)28-10-9-27-20/h1,3,5-7,11-12,15,18H,2,4,8-10,13-14H2/t18-/m0/s1. The molecule has 2 aliphatic heterocycles. The third kappa shape index (κ3) is 3.57. The van der Waals surface area contributed by atoms with Crippen molar-refractivity contribution < 1.29 is 9.47 Å². The smallest absolute Gasteiger partial charge is 0.162 e. The second kappa shape index (κ2) is 7.59. The highest BCUT2D eigenvalue weighted by atomic mass is 16.6. The van der Waals surface area contributed by atoms with Crippen molar-refractivity contribution in [3.05, 3.63) is 54.5 Å². The van der Waals surface area contributed by atoms with Crippen LogP contribution in [0.2, 0.25) is 0 Å². The van der Waals surface area contributed by atoms with E-state index in [1.54, 1.807) is 0 Å². The lowest BCUT2D eigenvalue weighted by Crippen LogP contribution is -2.36. The fourth-order valence-electron chi connectivity index (χ4n) is 3.93. The number of ether oxygens (including phenoxy) is 2. The van der Waals surface area contributed by atoms with Gasteiger partial charge >= 0.3 is 0 Å². The summed E-state index contributed by atoms with van der Waals surface area (Å²) in [6.45, 7) is 4.18. The first kappa shape index (κ1) is 17.2. The normalized spacial score (nSPS) is 19.5. The average molecular weight is 377 g/mol. The van der Waals surface area contributed by atoms with E-state index in [1.807, 2.05) is 47.5 Å². The first-order valence-corrected chi connectivity index (χ1v) is 9.78. The van der Waals surface area contributed by atoms with E-state index in [1.165, 1.54) is 5.56 Å². The Labute approximate surface area is 163 Å². The average Bonchev–Trinajstić information content (AvgIpc) is 3.25. The number of piperidine rings is 1. The Morgan fingerprint density at radius 2 is 2.04 bits per heavy atom. The Kier molecular flexibility index (Phi) is 4.66. The molecule has 1 saturated heterocycles. The maximum Gasteiger partial charge on any atom is 0.162 e. The lowest BCUT2D eigenvalue weighted by Gasteiger charge is -2.32. The minimum Gasteiger partial charge on any atom is -0.486 e. The number of likely N-dealkylation sites (tertiary alicyclic amines) is 1. The summed E-state index contributed by atoms with van der Waals surface area (Å²) in [5.41, 5.74) is 3.11. The molecule has 4 heterocycles. The zero-order valence-electron chi connectivity index (χ0n) is 15.7. The van der Waals surface area contributed by atoms with Crippen LogP contribution in [0.3, 0.4) is 0 Å². The van der Waals surface area contributed by atoms with E-state index in [9.17, 15) is 0 Å². The molecule has 144 valence electrons. The molecule has 0 bridgehead atoms. The van der Waals surface area contributed by atoms with Gasteiger partial charge in [0.05, 0.1) is 12.2 Å². The predicted octanol–water partition coefficient (Wildman–Crippen LogP) is 2.95. The number of hydrogen-bond donors (Lipinski definition) is 0. The van der Waals surface area contributed by atoms with Crippen molar-refractivity contribution in [1.82, 2.24) is 24.9 Å². The van der Waals surface area contributed by atoms with Crippen LogP contribution in [0.15, 0.2) is 48.9 Å². The molecule has 1 fully saturated rings. The number of aromatic nitrogens is 4. The lowest BCUT2D eigenvalue weighted by molar-refractivity contribution is 0.161. The van der Waals surface area contributed by atoms with Gasteiger partial charge in [0.1, 0.15) is 18.9 Å². The quantitative estimate of drug-likeness (QED) is 0.697. The molecule has 7 heteroatoms. The summed E-state index contributed by atoms with van der Waals surface area (Å²) in [6.07, 6.45) is 8.08. The van der Waals surface area contributed by atoms with Crippen molar-refractivity contribution in [2.45, 2.75) is 25.4 Å². The van der Waals surface area contributed by atoms with Gasteiger partial charge in [-0.05, 0) is 49.2 Å². The molecular weight excluding hydrogens is 354 g/mol. The first-order valence-electron chi connectivity index (χ1n) is 9.78. The van der Waals surface area contributed by atoms with Gasteiger partial charge < -0.3 is 9.47 Å². The van der Waals surface area contributed by atoms with Crippen LogP contribution in [0, 0.1) is 0 Å². The zero-order valence-corrected chi connectivity index (χ0v) is 15.7. The van der Waals surface area contributed by atoms with Gasteiger partial charge in [0.25, 0.3) is 0 Å². The monoisotopic (exact) mass is 377 g/mol. The van der Waals surface area contributed by atoms with E-state index < -0.39 is 0 Å². The predicted molar refractivity (Wildman–Crippen MR) is 104 cm³/mol. The van der Waals surface area contributed by atoms with E-state index in [-0.39, 0.29) is 0 Å². The van der Waals surface area contributed by atoms with Gasteiger partial charge in [-0.25, -0.2) is 4.68 Å². The molecule has 0 N–H and O–H groups in total. The summed E-state index contributed by atoms with van der Waals surface area (Å²) in [6, 6.07) is 10.4. The summed E-state index contributed by atoms with van der Waals surface area (Å²) in [5.74, 6) is 1.57. The highest BCUT2D eigenvalue weighted by molar-refractivity contribution is 5.63. The van der Waals surface area contributed by atoms with Gasteiger partial charge in [0.15, 0.2) is 11.5 Å². The van der Waals surface area contributed by atoms with Crippen molar-refractivity contribution in [3.8, 4) is 22.8 Å². The number of pyridine rings is 1. The third-order valence-electron chi connectivity index (χ3n) is 5.33. The van der Waals surface area contributed by atoms with Crippen LogP contribution in [0.1, 0.15) is 24.4 Å². The zero-order chi connectivity index (χ0) is 18.8. The minimum absolute atomic E-state index is 0.337. The van der Waals surface area contributed by atoms with E-state index in [0.717, 1.165) is 55.2 Å². The minimum atomic E-state index is 0.337. The fourth-order valence-corrected chi connectivity index (χ4v) is 3.93. The highest BCUT2D eigenvalue weighted by Crippen LogP contribution is 2.34. The molecule has 0 radical (unpaired) electrons. The molecule has 3 aromatic rings. The van der Waals surface area contributed by atoms with E-state index >= 15 is 0 Å². The van der Waals surface area contributed by atoms with Crippen LogP contribution >= 0.6 is 0 Å². The molecule has 2 aliphatic rings. The summed E-state index contributed by atoms with van der Waals surface area (Å²) >= 11 is 0. The Morgan fingerprint density at radius 1 is 1.11 bits per heavy atom. The molecular formula is C21H23N5O2. The molecule has 0 amide bonds. The van der Waals surface area contributed by atoms with Gasteiger partial charge in [-0.2, -0.15) is 0 Å². The molecule has 7 nitrogen and oxygen atoms in total. The summed E-state index contributed by atoms with van der Waals surface area (Å²) < 4.78 is 13.3. The molecule has 1 aromatic carbocycles. The van der Waals surface area contributed by atoms with Gasteiger partial charge in [0.2, 0.25) is 0 Å². The maximum absolute atomic E-state index is 5.69. The van der Waals surface area contributed by atoms with E-state index in [0.29, 0.717) is 19.3 Å². The van der Waals surface area contributed by atoms with Crippen molar-refractivity contribution in [1.29, 1.82) is 0 Å². The summed E-state index contributed by atoms with van der Waals surface area (Å²) in [5, 5.41) is 8.83. The van der Waals surface area contributed by atoms with Crippen molar-refractivity contribution >= 4 is 0 Å². The second-order valence-electron chi connectivity index (χ2n) is 7.33. The summed E-state index contributed by atoms with van der Waals surface area (Å²) in [4.78, 5) is 6.69. The van der Waals surface area contributed by atoms with Crippen molar-refractivity contribution in [2.75, 3.05) is 26.3 Å². The number of benzene rings is 1. The molecule has 0 unspecified atom stereocenters. The van der Waals surface area contributed by atoms with Crippen molar-refractivity contribution in [3.63, 3.8) is 0 Å². The Morgan fingerprint density at radius 3 is 2.93 bits per heavy atom. The first-order chi connectivity index (χ1) is 13.8. The van der Waals surface area contributed by atoms with Crippen LogP contribution < -0.4 is 9.47 Å². The fraction of sp³-hybridized carbons (Fsp3) is 0.381. The highest BCUT2D eigenvalue weighted by Gasteiger charge is 2.23. The van der Waals surface area contributed by atoms with Crippen LogP contribution in [-0.2, 0) is 6.54 Å². The molecule has 0 spiro atoms. The Hall–Kier alpha value is -2.93. The topological polar surface area (TPSA) is 65.3 Å². The number of rotatable bonds is 4. The lowest BCUT2D eigenvalue weighted by atomic mass is 10.1. The Bertz CT molecular complexity index is 943. The van der Waals surface area contributed by atoms with Gasteiger partial charge in [-0.15, -0.1) is 5.10 Å². The number of fused-ring (bicyclic) bond motifs is 1. The SMILES string of the molecule is c1cncc(CN2CCC[C@H](n3cc(-c4ccc5c(c4)OCCO5)nn3)C2)c1. The molecule has 5 rings (SSSR count). The van der Waals surface area contributed by atoms with Crippen molar-refractivity contribution in [2.24, 2.45) is 0 Å². The van der Waals surface area contributed by atoms with Crippen LogP contribution in [0.5, 0.6) is 11.5 Å². The van der Waals surface area contributed by atoms with Gasteiger partial charge in [-0.1, -0.05) is 11.3 Å². The maximum atomic E-state index is 5.69. The van der Waals surface area contributed by atoms with E-state index in [2.05, 4.69) is 26.3 Å². The molecule has 2 aromatic heterocycles. The summed E-state index contributed by atoms with van der Waals surface area (Å²) in [7, 11) is 0. The Balaban J connectivity index is 1.30. The van der Waals surface area contributed by atoms with Crippen LogP contribution in [0.4, 0.5) is 0 Å². The van der Waals surface area contributed by atoms with Gasteiger partial charge in [-0.3, -0.25) is 9.88 Å². The number of hydrogen-bond acceptors (Lipinski definition) is 6. The van der Waals surface area contributed by atoms with Crippen LogP contribution in [-0.4, -0.2) is 51.2 Å². The van der Waals surface area contributed by atoms with E-state index in [4.69, 9.17) is 9.47 Å². The molecule has 28 heavy (non-hydrogen) atoms. The van der Waals surface area contributed by atoms with Gasteiger partial charge in [0, 0.05) is 31.0 Å². The number of nitrogens with zero attached hydrogens (tertiary/aromatic N) is 5. The largest absolute Gasteiger partial charge is 0.486 e. The molecule has 1 atom stereocenters. The molecule has 0 aliphatic carbocycles. The van der Waals surface area contributed by atoms with Crippen LogP contribution in [0.25, 0.3) is 11.3 Å². The third-order valence-corrected chi connectivity index (χ3v) is 5.33. The molecule has 0 saturated carbocycles.